The Morgan fingerprint density at radius 1 is 1.44 bits per heavy atom. The van der Waals surface area contributed by atoms with Crippen molar-refractivity contribution in [1.82, 2.24) is 10.9 Å². The molecule has 0 aliphatic carbocycles. The van der Waals surface area contributed by atoms with E-state index in [-0.39, 0.29) is 12.1 Å². The number of nitrogens with one attached hydrogen (secondary N) is 2. The zero-order chi connectivity index (χ0) is 12.2. The predicted octanol–water partition coefficient (Wildman–Crippen LogP) is 1.58. The third-order valence-electron chi connectivity index (χ3n) is 2.26. The topological polar surface area (TPSA) is 59.6 Å². The Labute approximate surface area is 96.8 Å². The van der Waals surface area contributed by atoms with Crippen molar-refractivity contribution < 1.29 is 14.3 Å². The molecular weight excluding hydrogens is 208 g/mol. The monoisotopic (exact) mass is 230 g/mol. The second-order valence-corrected chi connectivity index (χ2v) is 5.17. The number of rotatable bonds is 2. The smallest absolute Gasteiger partial charge is 0.422 e. The number of carbonyl (C=O) groups excluding carboxylic acids is 1. The van der Waals surface area contributed by atoms with Gasteiger partial charge in [0.1, 0.15) is 5.60 Å². The lowest BCUT2D eigenvalue weighted by Crippen LogP contribution is -2.49. The number of hydrogen-bond donors (Lipinski definition) is 2. The Kier molecular flexibility index (Phi) is 4.56. The third-order valence-corrected chi connectivity index (χ3v) is 2.26. The van der Waals surface area contributed by atoms with Crippen molar-refractivity contribution in [2.24, 2.45) is 0 Å². The summed E-state index contributed by atoms with van der Waals surface area (Å²) in [5.74, 6) is 0. The molecule has 1 aliphatic rings. The van der Waals surface area contributed by atoms with Crippen LogP contribution >= 0.6 is 0 Å². The molecule has 1 heterocycles. The Hall–Kier alpha value is -0.810. The van der Waals surface area contributed by atoms with E-state index in [0.717, 1.165) is 19.4 Å². The van der Waals surface area contributed by atoms with Crippen molar-refractivity contribution in [2.75, 3.05) is 6.61 Å². The maximum absolute atomic E-state index is 11.4. The molecule has 16 heavy (non-hydrogen) atoms. The molecule has 1 amide bonds. The first-order chi connectivity index (χ1) is 7.37. The van der Waals surface area contributed by atoms with E-state index in [1.54, 1.807) is 0 Å². The highest BCUT2D eigenvalue weighted by Crippen LogP contribution is 2.12. The van der Waals surface area contributed by atoms with Crippen LogP contribution in [0.3, 0.4) is 0 Å². The number of ether oxygens (including phenoxy) is 2. The van der Waals surface area contributed by atoms with Gasteiger partial charge in [0.05, 0.1) is 6.10 Å². The van der Waals surface area contributed by atoms with E-state index >= 15 is 0 Å². The van der Waals surface area contributed by atoms with Gasteiger partial charge < -0.3 is 9.47 Å². The van der Waals surface area contributed by atoms with Crippen molar-refractivity contribution >= 4 is 6.09 Å². The van der Waals surface area contributed by atoms with Gasteiger partial charge in [-0.15, -0.1) is 0 Å². The first-order valence-corrected chi connectivity index (χ1v) is 5.73. The van der Waals surface area contributed by atoms with Crippen LogP contribution in [0, 0.1) is 0 Å². The molecule has 1 aliphatic heterocycles. The van der Waals surface area contributed by atoms with Crippen molar-refractivity contribution in [3.63, 3.8) is 0 Å². The van der Waals surface area contributed by atoms with Gasteiger partial charge in [0.25, 0.3) is 0 Å². The maximum Gasteiger partial charge on any atom is 0.422 e. The Balaban J connectivity index is 2.21. The van der Waals surface area contributed by atoms with Gasteiger partial charge in [0, 0.05) is 12.6 Å². The molecule has 1 unspecified atom stereocenters. The lowest BCUT2D eigenvalue weighted by atomic mass is 10.1. The summed E-state index contributed by atoms with van der Waals surface area (Å²) in [7, 11) is 0. The lowest BCUT2D eigenvalue weighted by molar-refractivity contribution is 0.00737. The van der Waals surface area contributed by atoms with E-state index in [1.165, 1.54) is 0 Å². The van der Waals surface area contributed by atoms with Crippen molar-refractivity contribution in [2.45, 2.75) is 58.3 Å². The predicted molar refractivity (Wildman–Crippen MR) is 60.9 cm³/mol. The quantitative estimate of drug-likeness (QED) is 0.707. The standard InChI is InChI=1S/C11H22N2O3/c1-8-7-9(5-6-15-8)12-13-10(14)16-11(2,3)4/h8-9,12H,5-7H2,1-4H3,(H,13,14)/t8-,9?/m1/s1. The van der Waals surface area contributed by atoms with Crippen LogP contribution in [0.4, 0.5) is 4.79 Å². The van der Waals surface area contributed by atoms with Crippen LogP contribution in [-0.4, -0.2) is 30.4 Å². The molecule has 0 aromatic rings. The molecular formula is C11H22N2O3. The Bertz CT molecular complexity index is 238. The van der Waals surface area contributed by atoms with E-state index in [0.29, 0.717) is 0 Å². The summed E-state index contributed by atoms with van der Waals surface area (Å²) in [6.45, 7) is 8.27. The molecule has 0 radical (unpaired) electrons. The summed E-state index contributed by atoms with van der Waals surface area (Å²) in [5, 5.41) is 0. The molecule has 0 aromatic heterocycles. The molecule has 2 N–H and O–H groups in total. The van der Waals surface area contributed by atoms with Gasteiger partial charge in [-0.3, -0.25) is 5.43 Å². The van der Waals surface area contributed by atoms with Gasteiger partial charge in [-0.25, -0.2) is 10.2 Å². The minimum atomic E-state index is -0.464. The minimum absolute atomic E-state index is 0.242. The van der Waals surface area contributed by atoms with Gasteiger partial charge >= 0.3 is 6.09 Å². The highest BCUT2D eigenvalue weighted by molar-refractivity contribution is 5.67. The van der Waals surface area contributed by atoms with E-state index < -0.39 is 11.7 Å². The van der Waals surface area contributed by atoms with Crippen molar-refractivity contribution in [3.8, 4) is 0 Å². The molecule has 5 heteroatoms. The largest absolute Gasteiger partial charge is 0.443 e. The molecule has 0 aromatic carbocycles. The first-order valence-electron chi connectivity index (χ1n) is 5.73. The zero-order valence-electron chi connectivity index (χ0n) is 10.5. The van der Waals surface area contributed by atoms with Crippen LogP contribution in [0.5, 0.6) is 0 Å². The number of hydrogen-bond acceptors (Lipinski definition) is 4. The Morgan fingerprint density at radius 2 is 2.12 bits per heavy atom. The second-order valence-electron chi connectivity index (χ2n) is 5.17. The summed E-state index contributed by atoms with van der Waals surface area (Å²) in [6, 6.07) is 0.260. The van der Waals surface area contributed by atoms with Gasteiger partial charge in [-0.1, -0.05) is 0 Å². The normalized spacial score (nSPS) is 26.2. The molecule has 1 saturated heterocycles. The van der Waals surface area contributed by atoms with Crippen molar-refractivity contribution in [3.05, 3.63) is 0 Å². The maximum atomic E-state index is 11.4. The molecule has 1 rings (SSSR count). The van der Waals surface area contributed by atoms with Crippen LogP contribution in [0.2, 0.25) is 0 Å². The molecule has 94 valence electrons. The minimum Gasteiger partial charge on any atom is -0.443 e. The van der Waals surface area contributed by atoms with E-state index in [1.807, 2.05) is 27.7 Å². The van der Waals surface area contributed by atoms with E-state index in [4.69, 9.17) is 9.47 Å². The fraction of sp³-hybridized carbons (Fsp3) is 0.909. The summed E-state index contributed by atoms with van der Waals surface area (Å²) in [6.07, 6.45) is 1.61. The lowest BCUT2D eigenvalue weighted by Gasteiger charge is -2.28. The molecule has 0 spiro atoms. The van der Waals surface area contributed by atoms with Crippen LogP contribution in [-0.2, 0) is 9.47 Å². The number of carbonyl (C=O) groups is 1. The highest BCUT2D eigenvalue weighted by atomic mass is 16.6. The van der Waals surface area contributed by atoms with E-state index in [9.17, 15) is 4.79 Å². The number of hydrazine groups is 1. The summed E-state index contributed by atoms with van der Waals surface area (Å²) >= 11 is 0. The average Bonchev–Trinajstić information content (AvgIpc) is 2.12. The molecule has 1 fully saturated rings. The van der Waals surface area contributed by atoms with Crippen LogP contribution in [0.25, 0.3) is 0 Å². The fourth-order valence-corrected chi connectivity index (χ4v) is 1.59. The average molecular weight is 230 g/mol. The van der Waals surface area contributed by atoms with E-state index in [2.05, 4.69) is 10.9 Å². The first kappa shape index (κ1) is 13.3. The summed E-state index contributed by atoms with van der Waals surface area (Å²) < 4.78 is 10.5. The van der Waals surface area contributed by atoms with Gasteiger partial charge in [0.2, 0.25) is 0 Å². The van der Waals surface area contributed by atoms with Gasteiger partial charge in [-0.05, 0) is 40.5 Å². The highest BCUT2D eigenvalue weighted by Gasteiger charge is 2.21. The van der Waals surface area contributed by atoms with Crippen LogP contribution < -0.4 is 10.9 Å². The summed E-state index contributed by atoms with van der Waals surface area (Å²) in [5.41, 5.74) is 5.07. The summed E-state index contributed by atoms with van der Waals surface area (Å²) in [4.78, 5) is 11.4. The fourth-order valence-electron chi connectivity index (χ4n) is 1.59. The Morgan fingerprint density at radius 3 is 2.69 bits per heavy atom. The van der Waals surface area contributed by atoms with Crippen LogP contribution in [0.1, 0.15) is 40.5 Å². The SMILES string of the molecule is C[C@@H]1CC(NNC(=O)OC(C)(C)C)CCO1. The number of amides is 1. The molecule has 5 nitrogen and oxygen atoms in total. The van der Waals surface area contributed by atoms with Gasteiger partial charge in [0.15, 0.2) is 0 Å². The second kappa shape index (κ2) is 5.50. The molecule has 0 bridgehead atoms. The van der Waals surface area contributed by atoms with Gasteiger partial charge in [-0.2, -0.15) is 0 Å². The molecule has 2 atom stereocenters. The molecule has 0 saturated carbocycles. The zero-order valence-corrected chi connectivity index (χ0v) is 10.5. The third kappa shape index (κ3) is 5.32. The van der Waals surface area contributed by atoms with Crippen molar-refractivity contribution in [1.29, 1.82) is 0 Å². The van der Waals surface area contributed by atoms with Crippen LogP contribution in [0.15, 0.2) is 0 Å².